The third-order valence-electron chi connectivity index (χ3n) is 4.64. The monoisotopic (exact) mass is 300 g/mol. The molecule has 1 fully saturated rings. The molecule has 0 radical (unpaired) electrons. The van der Waals surface area contributed by atoms with Gasteiger partial charge < -0.3 is 9.47 Å². The summed E-state index contributed by atoms with van der Waals surface area (Å²) in [5.74, 6) is 0.0261. The zero-order valence-corrected chi connectivity index (χ0v) is 14.0. The molecule has 1 aliphatic rings. The molecule has 2 rings (SSSR count). The summed E-state index contributed by atoms with van der Waals surface area (Å²) in [5, 5.41) is 0. The Morgan fingerprint density at radius 2 is 1.86 bits per heavy atom. The minimum absolute atomic E-state index is 0.119. The van der Waals surface area contributed by atoms with Crippen LogP contribution in [0.4, 0.5) is 0 Å². The van der Waals surface area contributed by atoms with Gasteiger partial charge in [-0.3, -0.25) is 0 Å². The van der Waals surface area contributed by atoms with Crippen LogP contribution in [0, 0.1) is 11.8 Å². The molecule has 0 saturated carbocycles. The zero-order chi connectivity index (χ0) is 16.2. The molecule has 2 heteroatoms. The molecular weight excluding hydrogens is 272 g/mol. The molecule has 22 heavy (non-hydrogen) atoms. The van der Waals surface area contributed by atoms with E-state index < -0.39 is 5.79 Å². The zero-order valence-electron chi connectivity index (χ0n) is 14.0. The van der Waals surface area contributed by atoms with Gasteiger partial charge in [-0.1, -0.05) is 56.3 Å². The number of allylic oxidation sites excluding steroid dienone is 1. The smallest absolute Gasteiger partial charge is 0.192 e. The highest BCUT2D eigenvalue weighted by Gasteiger charge is 2.45. The molecule has 0 bridgehead atoms. The van der Waals surface area contributed by atoms with E-state index >= 15 is 0 Å². The first-order valence-corrected chi connectivity index (χ1v) is 8.14. The van der Waals surface area contributed by atoms with Crippen molar-refractivity contribution in [1.29, 1.82) is 0 Å². The highest BCUT2D eigenvalue weighted by Crippen LogP contribution is 2.42. The molecule has 2 nitrogen and oxygen atoms in total. The van der Waals surface area contributed by atoms with Crippen molar-refractivity contribution in [2.45, 2.75) is 51.6 Å². The Hall–Kier alpha value is -1.38. The number of hydrogen-bond donors (Lipinski definition) is 0. The van der Waals surface area contributed by atoms with Crippen molar-refractivity contribution in [3.05, 3.63) is 61.2 Å². The third kappa shape index (κ3) is 3.50. The minimum Gasteiger partial charge on any atom is -0.342 e. The maximum atomic E-state index is 6.46. The van der Waals surface area contributed by atoms with Gasteiger partial charge in [0.2, 0.25) is 0 Å². The number of rotatable bonds is 6. The van der Waals surface area contributed by atoms with Gasteiger partial charge in [0.1, 0.15) is 0 Å². The maximum absolute atomic E-state index is 6.46. The second-order valence-corrected chi connectivity index (χ2v) is 6.44. The summed E-state index contributed by atoms with van der Waals surface area (Å²) in [6, 6.07) is 10.2. The highest BCUT2D eigenvalue weighted by atomic mass is 16.7. The lowest BCUT2D eigenvalue weighted by Gasteiger charge is -2.48. The van der Waals surface area contributed by atoms with Gasteiger partial charge in [-0.15, -0.1) is 13.2 Å². The van der Waals surface area contributed by atoms with Crippen LogP contribution in [0.2, 0.25) is 0 Å². The Kier molecular flexibility index (Phi) is 5.60. The molecule has 5 atom stereocenters. The molecule has 1 heterocycles. The molecule has 0 aromatic heterocycles. The van der Waals surface area contributed by atoms with Crippen molar-refractivity contribution >= 4 is 0 Å². The molecule has 0 N–H and O–H groups in total. The average Bonchev–Trinajstić information content (AvgIpc) is 2.52. The van der Waals surface area contributed by atoms with Crippen LogP contribution < -0.4 is 0 Å². The van der Waals surface area contributed by atoms with Gasteiger partial charge in [0.05, 0.1) is 12.2 Å². The lowest BCUT2D eigenvalue weighted by atomic mass is 9.84. The SMILES string of the molecule is C=CC[C@@H](C)[C@H]1O[C@@](C)(c2ccccc2)O[C@@H](CC=C)[C@H]1C. The Morgan fingerprint density at radius 3 is 2.45 bits per heavy atom. The van der Waals surface area contributed by atoms with E-state index in [1.807, 2.05) is 37.3 Å². The molecule has 120 valence electrons. The van der Waals surface area contributed by atoms with Gasteiger partial charge in [0, 0.05) is 11.5 Å². The van der Waals surface area contributed by atoms with Crippen molar-refractivity contribution in [2.75, 3.05) is 0 Å². The first kappa shape index (κ1) is 17.0. The molecule has 0 spiro atoms. The summed E-state index contributed by atoms with van der Waals surface area (Å²) in [4.78, 5) is 0. The summed E-state index contributed by atoms with van der Waals surface area (Å²) in [5.41, 5.74) is 1.06. The minimum atomic E-state index is -0.707. The fourth-order valence-electron chi connectivity index (χ4n) is 3.34. The van der Waals surface area contributed by atoms with Gasteiger partial charge in [-0.05, 0) is 25.7 Å². The van der Waals surface area contributed by atoms with Crippen LogP contribution in [0.3, 0.4) is 0 Å². The van der Waals surface area contributed by atoms with Crippen molar-refractivity contribution in [1.82, 2.24) is 0 Å². The summed E-state index contributed by atoms with van der Waals surface area (Å²) in [6.07, 6.45) is 5.95. The Labute approximate surface area is 134 Å². The maximum Gasteiger partial charge on any atom is 0.192 e. The lowest BCUT2D eigenvalue weighted by molar-refractivity contribution is -0.343. The van der Waals surface area contributed by atoms with Crippen LogP contribution in [0.1, 0.15) is 39.2 Å². The first-order valence-electron chi connectivity index (χ1n) is 8.14. The van der Waals surface area contributed by atoms with Crippen LogP contribution in [0.15, 0.2) is 55.6 Å². The molecular formula is C20H28O2. The molecule has 0 unspecified atom stereocenters. The number of ether oxygens (including phenoxy) is 2. The molecule has 0 aliphatic carbocycles. The van der Waals surface area contributed by atoms with Crippen LogP contribution in [-0.2, 0) is 15.3 Å². The van der Waals surface area contributed by atoms with E-state index in [0.717, 1.165) is 18.4 Å². The standard InChI is InChI=1S/C20H28O2/c1-6-11-15(3)19-16(4)18(12-7-2)21-20(5,22-19)17-13-9-8-10-14-17/h6-10,13-16,18-19H,1-2,11-12H2,3-5H3/t15-,16-,18+,19-,20+/m1/s1. The predicted octanol–water partition coefficient (Wildman–Crippen LogP) is 5.07. The highest BCUT2D eigenvalue weighted by molar-refractivity contribution is 5.20. The molecule has 1 aromatic rings. The van der Waals surface area contributed by atoms with E-state index in [2.05, 4.69) is 39.1 Å². The van der Waals surface area contributed by atoms with Gasteiger partial charge in [0.15, 0.2) is 5.79 Å². The fourth-order valence-corrected chi connectivity index (χ4v) is 3.34. The normalized spacial score (nSPS) is 33.1. The van der Waals surface area contributed by atoms with E-state index in [9.17, 15) is 0 Å². The van der Waals surface area contributed by atoms with Crippen molar-refractivity contribution in [3.63, 3.8) is 0 Å². The molecule has 1 aromatic carbocycles. The van der Waals surface area contributed by atoms with Crippen LogP contribution in [-0.4, -0.2) is 12.2 Å². The predicted molar refractivity (Wildman–Crippen MR) is 91.5 cm³/mol. The van der Waals surface area contributed by atoms with Gasteiger partial charge in [0.25, 0.3) is 0 Å². The van der Waals surface area contributed by atoms with E-state index in [0.29, 0.717) is 11.8 Å². The Bertz CT molecular complexity index is 496. The summed E-state index contributed by atoms with van der Waals surface area (Å²) in [6.45, 7) is 14.2. The quantitative estimate of drug-likeness (QED) is 0.683. The summed E-state index contributed by atoms with van der Waals surface area (Å²) in [7, 11) is 0. The van der Waals surface area contributed by atoms with Gasteiger partial charge in [-0.25, -0.2) is 0 Å². The van der Waals surface area contributed by atoms with Gasteiger partial charge in [-0.2, -0.15) is 0 Å². The summed E-state index contributed by atoms with van der Waals surface area (Å²) >= 11 is 0. The molecule has 1 aliphatic heterocycles. The first-order chi connectivity index (χ1) is 10.5. The largest absolute Gasteiger partial charge is 0.342 e. The Balaban J connectivity index is 2.31. The number of hydrogen-bond acceptors (Lipinski definition) is 2. The van der Waals surface area contributed by atoms with Crippen molar-refractivity contribution < 1.29 is 9.47 Å². The fraction of sp³-hybridized carbons (Fsp3) is 0.500. The second kappa shape index (κ2) is 7.26. The number of benzene rings is 1. The lowest BCUT2D eigenvalue weighted by Crippen LogP contribution is -2.51. The average molecular weight is 300 g/mol. The van der Waals surface area contributed by atoms with Crippen LogP contribution in [0.5, 0.6) is 0 Å². The van der Waals surface area contributed by atoms with Gasteiger partial charge >= 0.3 is 0 Å². The van der Waals surface area contributed by atoms with E-state index in [1.54, 1.807) is 0 Å². The van der Waals surface area contributed by atoms with E-state index in [4.69, 9.17) is 9.47 Å². The third-order valence-corrected chi connectivity index (χ3v) is 4.64. The van der Waals surface area contributed by atoms with Crippen LogP contribution >= 0.6 is 0 Å². The summed E-state index contributed by atoms with van der Waals surface area (Å²) < 4.78 is 12.8. The van der Waals surface area contributed by atoms with Crippen molar-refractivity contribution in [2.24, 2.45) is 11.8 Å². The second-order valence-electron chi connectivity index (χ2n) is 6.44. The van der Waals surface area contributed by atoms with E-state index in [-0.39, 0.29) is 12.2 Å². The van der Waals surface area contributed by atoms with Crippen molar-refractivity contribution in [3.8, 4) is 0 Å². The molecule has 1 saturated heterocycles. The van der Waals surface area contributed by atoms with Crippen LogP contribution in [0.25, 0.3) is 0 Å². The van der Waals surface area contributed by atoms with E-state index in [1.165, 1.54) is 0 Å². The Morgan fingerprint density at radius 1 is 1.18 bits per heavy atom. The topological polar surface area (TPSA) is 18.5 Å². The molecule has 0 amide bonds.